The summed E-state index contributed by atoms with van der Waals surface area (Å²) in [5, 5.41) is 12.8. The van der Waals surface area contributed by atoms with Gasteiger partial charge < -0.3 is 4.90 Å². The van der Waals surface area contributed by atoms with Crippen LogP contribution >= 0.6 is 0 Å². The Labute approximate surface area is 150 Å². The number of hydrogen-bond donors (Lipinski definition) is 0. The van der Waals surface area contributed by atoms with Crippen LogP contribution in [0.2, 0.25) is 0 Å². The highest BCUT2D eigenvalue weighted by atomic mass is 16.2. The lowest BCUT2D eigenvalue weighted by Gasteiger charge is -2.20. The van der Waals surface area contributed by atoms with E-state index in [2.05, 4.69) is 25.4 Å². The van der Waals surface area contributed by atoms with Gasteiger partial charge >= 0.3 is 0 Å². The molecule has 0 saturated carbocycles. The molecule has 9 heteroatoms. The van der Waals surface area contributed by atoms with Gasteiger partial charge in [-0.3, -0.25) is 9.48 Å². The van der Waals surface area contributed by atoms with E-state index in [4.69, 9.17) is 0 Å². The van der Waals surface area contributed by atoms with E-state index in [0.29, 0.717) is 25.9 Å². The SMILES string of the molecule is O=C(CCc1cncnc1)N1CCCn2nnc(Cn3cccn3)c2C1. The highest BCUT2D eigenvalue weighted by Gasteiger charge is 2.23. The fourth-order valence-electron chi connectivity index (χ4n) is 3.14. The lowest BCUT2D eigenvalue weighted by molar-refractivity contribution is -0.131. The lowest BCUT2D eigenvalue weighted by Crippen LogP contribution is -2.31. The molecule has 1 aliphatic rings. The molecule has 0 spiro atoms. The van der Waals surface area contributed by atoms with Gasteiger partial charge in [-0.2, -0.15) is 5.10 Å². The van der Waals surface area contributed by atoms with Gasteiger partial charge in [-0.05, 0) is 24.5 Å². The second kappa shape index (κ2) is 7.42. The van der Waals surface area contributed by atoms with E-state index in [1.54, 1.807) is 18.6 Å². The Morgan fingerprint density at radius 3 is 2.88 bits per heavy atom. The molecule has 9 nitrogen and oxygen atoms in total. The first-order valence-electron chi connectivity index (χ1n) is 8.70. The molecule has 134 valence electrons. The number of carbonyl (C=O) groups excluding carboxylic acids is 1. The number of rotatable bonds is 5. The third-order valence-corrected chi connectivity index (χ3v) is 4.52. The minimum Gasteiger partial charge on any atom is -0.337 e. The first-order valence-corrected chi connectivity index (χ1v) is 8.70. The fourth-order valence-corrected chi connectivity index (χ4v) is 3.14. The Balaban J connectivity index is 1.45. The van der Waals surface area contributed by atoms with E-state index >= 15 is 0 Å². The molecule has 1 amide bonds. The van der Waals surface area contributed by atoms with Crippen molar-refractivity contribution in [1.29, 1.82) is 0 Å². The number of fused-ring (bicyclic) bond motifs is 1. The van der Waals surface area contributed by atoms with Gasteiger partial charge in [-0.25, -0.2) is 14.6 Å². The van der Waals surface area contributed by atoms with Crippen LogP contribution in [0.25, 0.3) is 0 Å². The van der Waals surface area contributed by atoms with Crippen molar-refractivity contribution in [3.63, 3.8) is 0 Å². The molecule has 4 heterocycles. The number of aromatic nitrogens is 7. The Morgan fingerprint density at radius 1 is 1.19 bits per heavy atom. The molecule has 0 atom stereocenters. The zero-order valence-electron chi connectivity index (χ0n) is 14.4. The normalized spacial score (nSPS) is 14.1. The van der Waals surface area contributed by atoms with Gasteiger partial charge in [-0.1, -0.05) is 5.21 Å². The van der Waals surface area contributed by atoms with Gasteiger partial charge in [0.2, 0.25) is 5.91 Å². The molecule has 0 aliphatic carbocycles. The van der Waals surface area contributed by atoms with Gasteiger partial charge in [0.15, 0.2) is 0 Å². The standard InChI is InChI=1S/C17H20N8O/c26-17(4-3-14-9-18-13-19-10-14)23-6-2-8-25-16(12-23)15(21-22-25)11-24-7-1-5-20-24/h1,5,7,9-10,13H,2-4,6,8,11-12H2. The van der Waals surface area contributed by atoms with Crippen LogP contribution in [0.15, 0.2) is 37.2 Å². The molecular weight excluding hydrogens is 332 g/mol. The van der Waals surface area contributed by atoms with Crippen LogP contribution < -0.4 is 0 Å². The number of carbonyl (C=O) groups is 1. The van der Waals surface area contributed by atoms with E-state index in [1.165, 1.54) is 6.33 Å². The van der Waals surface area contributed by atoms with Crippen molar-refractivity contribution in [2.24, 2.45) is 0 Å². The zero-order chi connectivity index (χ0) is 17.8. The van der Waals surface area contributed by atoms with Crippen LogP contribution in [0.4, 0.5) is 0 Å². The van der Waals surface area contributed by atoms with Crippen molar-refractivity contribution >= 4 is 5.91 Å². The van der Waals surface area contributed by atoms with Crippen molar-refractivity contribution in [2.45, 2.75) is 38.9 Å². The maximum Gasteiger partial charge on any atom is 0.223 e. The predicted molar refractivity (Wildman–Crippen MR) is 91.7 cm³/mol. The molecule has 3 aromatic heterocycles. The average molecular weight is 352 g/mol. The summed E-state index contributed by atoms with van der Waals surface area (Å²) < 4.78 is 3.73. The Bertz CT molecular complexity index is 858. The van der Waals surface area contributed by atoms with Gasteiger partial charge in [0, 0.05) is 44.3 Å². The Morgan fingerprint density at radius 2 is 2.08 bits per heavy atom. The Hall–Kier alpha value is -3.10. The lowest BCUT2D eigenvalue weighted by atomic mass is 10.1. The fraction of sp³-hybridized carbons (Fsp3) is 0.412. The first kappa shape index (κ1) is 16.4. The second-order valence-electron chi connectivity index (χ2n) is 6.33. The largest absolute Gasteiger partial charge is 0.337 e. The van der Waals surface area contributed by atoms with Crippen LogP contribution in [0, 0.1) is 0 Å². The highest BCUT2D eigenvalue weighted by molar-refractivity contribution is 5.76. The summed E-state index contributed by atoms with van der Waals surface area (Å²) in [5.41, 5.74) is 2.83. The van der Waals surface area contributed by atoms with Crippen LogP contribution in [0.1, 0.15) is 29.8 Å². The topological polar surface area (TPSA) is 94.6 Å². The highest BCUT2D eigenvalue weighted by Crippen LogP contribution is 2.17. The smallest absolute Gasteiger partial charge is 0.223 e. The summed E-state index contributed by atoms with van der Waals surface area (Å²) in [4.78, 5) is 22.6. The molecule has 0 radical (unpaired) electrons. The summed E-state index contributed by atoms with van der Waals surface area (Å²) >= 11 is 0. The van der Waals surface area contributed by atoms with Gasteiger partial charge in [0.1, 0.15) is 12.0 Å². The summed E-state index contributed by atoms with van der Waals surface area (Å²) in [6.07, 6.45) is 10.6. The van der Waals surface area contributed by atoms with E-state index in [-0.39, 0.29) is 5.91 Å². The van der Waals surface area contributed by atoms with Crippen molar-refractivity contribution < 1.29 is 4.79 Å². The molecule has 26 heavy (non-hydrogen) atoms. The zero-order valence-corrected chi connectivity index (χ0v) is 14.4. The minimum atomic E-state index is 0.133. The summed E-state index contributed by atoms with van der Waals surface area (Å²) in [7, 11) is 0. The van der Waals surface area contributed by atoms with Crippen molar-refractivity contribution in [1.82, 2.24) is 39.6 Å². The number of hydrogen-bond acceptors (Lipinski definition) is 6. The molecule has 0 saturated heterocycles. The molecule has 0 aromatic carbocycles. The maximum absolute atomic E-state index is 12.7. The molecule has 0 bridgehead atoms. The summed E-state index contributed by atoms with van der Waals surface area (Å²) in [6.45, 7) is 2.60. The van der Waals surface area contributed by atoms with Crippen LogP contribution in [0.5, 0.6) is 0 Å². The molecule has 0 fully saturated rings. The second-order valence-corrected chi connectivity index (χ2v) is 6.33. The van der Waals surface area contributed by atoms with Crippen molar-refractivity contribution in [2.75, 3.05) is 6.54 Å². The van der Waals surface area contributed by atoms with Crippen LogP contribution in [-0.4, -0.2) is 52.1 Å². The van der Waals surface area contributed by atoms with Gasteiger partial charge in [0.05, 0.1) is 18.8 Å². The number of aryl methyl sites for hydroxylation is 2. The number of amides is 1. The minimum absolute atomic E-state index is 0.133. The molecule has 1 aliphatic heterocycles. The van der Waals surface area contributed by atoms with Gasteiger partial charge in [0.25, 0.3) is 0 Å². The molecular formula is C17H20N8O. The molecule has 3 aromatic rings. The van der Waals surface area contributed by atoms with E-state index in [9.17, 15) is 4.79 Å². The quantitative estimate of drug-likeness (QED) is 0.670. The predicted octanol–water partition coefficient (Wildman–Crippen LogP) is 0.678. The van der Waals surface area contributed by atoms with Crippen LogP contribution in [-0.2, 0) is 30.8 Å². The maximum atomic E-state index is 12.7. The van der Waals surface area contributed by atoms with Crippen molar-refractivity contribution in [3.8, 4) is 0 Å². The third kappa shape index (κ3) is 3.61. The van der Waals surface area contributed by atoms with Crippen LogP contribution in [0.3, 0.4) is 0 Å². The van der Waals surface area contributed by atoms with E-state index in [1.807, 2.05) is 26.5 Å². The molecule has 0 N–H and O–H groups in total. The van der Waals surface area contributed by atoms with Gasteiger partial charge in [-0.15, -0.1) is 5.10 Å². The Kier molecular flexibility index (Phi) is 4.67. The van der Waals surface area contributed by atoms with E-state index < -0.39 is 0 Å². The summed E-state index contributed by atoms with van der Waals surface area (Å²) in [5.74, 6) is 0.133. The third-order valence-electron chi connectivity index (χ3n) is 4.52. The molecule has 0 unspecified atom stereocenters. The van der Waals surface area contributed by atoms with Crippen molar-refractivity contribution in [3.05, 3.63) is 54.1 Å². The number of nitrogens with zero attached hydrogens (tertiary/aromatic N) is 8. The first-order chi connectivity index (χ1) is 12.8. The summed E-state index contributed by atoms with van der Waals surface area (Å²) in [6, 6.07) is 1.88. The van der Waals surface area contributed by atoms with E-state index in [0.717, 1.165) is 36.5 Å². The monoisotopic (exact) mass is 352 g/mol. The molecule has 4 rings (SSSR count). The average Bonchev–Trinajstić information content (AvgIpc) is 3.26.